The normalized spacial score (nSPS) is 12.5. The third kappa shape index (κ3) is 4.08. The van der Waals surface area contributed by atoms with Crippen LogP contribution in [0.25, 0.3) is 21.9 Å². The maximum atomic E-state index is 14.0. The molecule has 1 aromatic heterocycles. The fraction of sp³-hybridized carbons (Fsp3) is 0.318. The highest BCUT2D eigenvalue weighted by molar-refractivity contribution is 6.31. The van der Waals surface area contributed by atoms with Crippen molar-refractivity contribution in [2.45, 2.75) is 45.3 Å². The third-order valence-corrected chi connectivity index (χ3v) is 5.43. The van der Waals surface area contributed by atoms with Crippen molar-refractivity contribution < 1.29 is 17.6 Å². The number of benzene rings is 2. The predicted octanol–water partition coefficient (Wildman–Crippen LogP) is 5.83. The van der Waals surface area contributed by atoms with Crippen LogP contribution in [0.1, 0.15) is 40.4 Å². The lowest BCUT2D eigenvalue weighted by atomic mass is 9.92. The standard InChI is InChI=1S/C22H22F2O3Si/c1-21(2,3)28-27-22(4,5)19-18(13-10-11-16(23)17(24)12-13)14-8-6-7-9-15(14)20(25)26-19/h6-12H,1-5H3. The third-order valence-electron chi connectivity index (χ3n) is 4.21. The fourth-order valence-corrected chi connectivity index (χ4v) is 3.54. The van der Waals surface area contributed by atoms with Gasteiger partial charge in [-0.2, -0.15) is 0 Å². The first-order valence-electron chi connectivity index (χ1n) is 8.96. The summed E-state index contributed by atoms with van der Waals surface area (Å²) in [5.74, 6) is -1.61. The van der Waals surface area contributed by atoms with Gasteiger partial charge in [0.15, 0.2) is 11.6 Å². The van der Waals surface area contributed by atoms with Crippen LogP contribution in [0, 0.1) is 11.6 Å². The molecule has 1 heterocycles. The van der Waals surface area contributed by atoms with Crippen molar-refractivity contribution in [2.75, 3.05) is 0 Å². The molecule has 0 saturated carbocycles. The van der Waals surface area contributed by atoms with E-state index in [1.807, 2.05) is 34.6 Å². The van der Waals surface area contributed by atoms with Gasteiger partial charge in [-0.05, 0) is 42.6 Å². The minimum atomic E-state index is -0.964. The monoisotopic (exact) mass is 400 g/mol. The molecule has 28 heavy (non-hydrogen) atoms. The minimum Gasteiger partial charge on any atom is -0.424 e. The topological polar surface area (TPSA) is 39.4 Å². The summed E-state index contributed by atoms with van der Waals surface area (Å²) in [6, 6.07) is 10.6. The molecule has 0 saturated heterocycles. The maximum Gasteiger partial charge on any atom is 0.343 e. The predicted molar refractivity (Wildman–Crippen MR) is 107 cm³/mol. The molecule has 0 bridgehead atoms. The summed E-state index contributed by atoms with van der Waals surface area (Å²) in [7, 11) is 0.146. The summed E-state index contributed by atoms with van der Waals surface area (Å²) in [5.41, 5.74) is -0.495. The summed E-state index contributed by atoms with van der Waals surface area (Å²) in [5, 5.41) is 0.909. The van der Waals surface area contributed by atoms with Gasteiger partial charge < -0.3 is 8.84 Å². The largest absolute Gasteiger partial charge is 0.424 e. The number of hydrogen-bond acceptors (Lipinski definition) is 3. The Balaban J connectivity index is 2.30. The van der Waals surface area contributed by atoms with E-state index in [4.69, 9.17) is 8.84 Å². The summed E-state index contributed by atoms with van der Waals surface area (Å²) in [4.78, 5) is 12.6. The van der Waals surface area contributed by atoms with Crippen LogP contribution in [-0.2, 0) is 10.0 Å². The Hall–Kier alpha value is -2.31. The number of rotatable bonds is 4. The number of hydrogen-bond donors (Lipinski definition) is 0. The second-order valence-electron chi connectivity index (χ2n) is 8.23. The Bertz CT molecular complexity index is 1080. The van der Waals surface area contributed by atoms with Crippen molar-refractivity contribution in [2.24, 2.45) is 0 Å². The SMILES string of the molecule is CC(C)(C)[Si]OC(C)(C)c1oc(=O)c2ccccc2c1-c1ccc(F)c(F)c1. The van der Waals surface area contributed by atoms with Gasteiger partial charge in [-0.1, -0.05) is 45.0 Å². The molecular weight excluding hydrogens is 378 g/mol. The van der Waals surface area contributed by atoms with Gasteiger partial charge in [0, 0.05) is 10.9 Å². The Morgan fingerprint density at radius 2 is 1.57 bits per heavy atom. The van der Waals surface area contributed by atoms with Gasteiger partial charge in [0.1, 0.15) is 11.4 Å². The first-order chi connectivity index (χ1) is 13.0. The molecule has 3 nitrogen and oxygen atoms in total. The second-order valence-corrected chi connectivity index (χ2v) is 10.1. The fourth-order valence-electron chi connectivity index (χ4n) is 2.89. The molecule has 0 aliphatic carbocycles. The van der Waals surface area contributed by atoms with E-state index < -0.39 is 22.9 Å². The van der Waals surface area contributed by atoms with E-state index in [-0.39, 0.29) is 14.8 Å². The van der Waals surface area contributed by atoms with E-state index in [2.05, 4.69) is 0 Å². The van der Waals surface area contributed by atoms with Crippen molar-refractivity contribution in [3.8, 4) is 11.1 Å². The molecular formula is C22H22F2O3Si. The molecule has 0 amide bonds. The molecule has 0 aliphatic rings. The van der Waals surface area contributed by atoms with Crippen molar-refractivity contribution in [3.63, 3.8) is 0 Å². The molecule has 0 spiro atoms. The number of halogens is 2. The van der Waals surface area contributed by atoms with Gasteiger partial charge >= 0.3 is 5.63 Å². The van der Waals surface area contributed by atoms with E-state index >= 15 is 0 Å². The molecule has 3 rings (SSSR count). The van der Waals surface area contributed by atoms with Crippen LogP contribution in [0.3, 0.4) is 0 Å². The molecule has 0 N–H and O–H groups in total. The van der Waals surface area contributed by atoms with Crippen LogP contribution >= 0.6 is 0 Å². The van der Waals surface area contributed by atoms with Gasteiger partial charge in [-0.3, -0.25) is 0 Å². The molecule has 0 fully saturated rings. The molecule has 6 heteroatoms. The van der Waals surface area contributed by atoms with E-state index in [0.29, 0.717) is 27.7 Å². The zero-order valence-corrected chi connectivity index (χ0v) is 17.5. The smallest absolute Gasteiger partial charge is 0.343 e. The highest BCUT2D eigenvalue weighted by atomic mass is 28.2. The van der Waals surface area contributed by atoms with E-state index in [0.717, 1.165) is 12.1 Å². The van der Waals surface area contributed by atoms with Crippen molar-refractivity contribution in [3.05, 3.63) is 70.3 Å². The molecule has 2 radical (unpaired) electrons. The molecule has 0 atom stereocenters. The first-order valence-corrected chi connectivity index (χ1v) is 9.87. The minimum absolute atomic E-state index is 0.0729. The van der Waals surface area contributed by atoms with Crippen LogP contribution in [0.2, 0.25) is 5.04 Å². The average Bonchev–Trinajstić information content (AvgIpc) is 2.62. The van der Waals surface area contributed by atoms with E-state index in [1.165, 1.54) is 6.07 Å². The summed E-state index contributed by atoms with van der Waals surface area (Å²) >= 11 is 0. The lowest BCUT2D eigenvalue weighted by Crippen LogP contribution is -2.29. The zero-order chi connectivity index (χ0) is 20.7. The highest BCUT2D eigenvalue weighted by Crippen LogP contribution is 2.39. The van der Waals surface area contributed by atoms with Crippen LogP contribution in [0.15, 0.2) is 51.7 Å². The van der Waals surface area contributed by atoms with Crippen LogP contribution in [0.4, 0.5) is 8.78 Å². The molecule has 0 unspecified atom stereocenters. The Morgan fingerprint density at radius 3 is 2.18 bits per heavy atom. The van der Waals surface area contributed by atoms with Gasteiger partial charge in [-0.25, -0.2) is 13.6 Å². The van der Waals surface area contributed by atoms with Gasteiger partial charge in [-0.15, -0.1) is 0 Å². The van der Waals surface area contributed by atoms with Gasteiger partial charge in [0.05, 0.1) is 5.39 Å². The Kier molecular flexibility index (Phi) is 5.29. The summed E-state index contributed by atoms with van der Waals surface area (Å²) in [6.45, 7) is 9.77. The highest BCUT2D eigenvalue weighted by Gasteiger charge is 2.32. The summed E-state index contributed by atoms with van der Waals surface area (Å²) in [6.07, 6.45) is 0. The summed E-state index contributed by atoms with van der Waals surface area (Å²) < 4.78 is 39.3. The van der Waals surface area contributed by atoms with Gasteiger partial charge in [0.2, 0.25) is 9.76 Å². The second kappa shape index (κ2) is 7.26. The van der Waals surface area contributed by atoms with Crippen molar-refractivity contribution in [1.82, 2.24) is 0 Å². The number of fused-ring (bicyclic) bond motifs is 1. The van der Waals surface area contributed by atoms with Crippen LogP contribution in [-0.4, -0.2) is 9.76 Å². The van der Waals surface area contributed by atoms with Crippen LogP contribution < -0.4 is 5.63 Å². The zero-order valence-electron chi connectivity index (χ0n) is 16.5. The Labute approximate surface area is 165 Å². The van der Waals surface area contributed by atoms with Crippen molar-refractivity contribution >= 4 is 20.5 Å². The Morgan fingerprint density at radius 1 is 0.929 bits per heavy atom. The first kappa shape index (κ1) is 20.4. The maximum absolute atomic E-state index is 14.0. The van der Waals surface area contributed by atoms with Crippen LogP contribution in [0.5, 0.6) is 0 Å². The van der Waals surface area contributed by atoms with E-state index in [1.54, 1.807) is 24.3 Å². The molecule has 0 aliphatic heterocycles. The quantitative estimate of drug-likeness (QED) is 0.518. The van der Waals surface area contributed by atoms with Crippen molar-refractivity contribution in [1.29, 1.82) is 0 Å². The lowest BCUT2D eigenvalue weighted by Gasteiger charge is -2.30. The lowest BCUT2D eigenvalue weighted by molar-refractivity contribution is 0.0804. The molecule has 146 valence electrons. The average molecular weight is 400 g/mol. The molecule has 2 aromatic carbocycles. The van der Waals surface area contributed by atoms with Gasteiger partial charge in [0.25, 0.3) is 0 Å². The molecule has 3 aromatic rings. The van der Waals surface area contributed by atoms with E-state index in [9.17, 15) is 13.6 Å².